The van der Waals surface area contributed by atoms with Gasteiger partial charge in [-0.2, -0.15) is 4.31 Å². The van der Waals surface area contributed by atoms with Crippen LogP contribution >= 0.6 is 0 Å². The zero-order valence-electron chi connectivity index (χ0n) is 12.0. The van der Waals surface area contributed by atoms with Gasteiger partial charge in [0.1, 0.15) is 0 Å². The lowest BCUT2D eigenvalue weighted by Crippen LogP contribution is -2.40. The average molecular weight is 298 g/mol. The van der Waals surface area contributed by atoms with Crippen LogP contribution in [0.3, 0.4) is 0 Å². The lowest BCUT2D eigenvalue weighted by atomic mass is 10.2. The van der Waals surface area contributed by atoms with Gasteiger partial charge in [0.05, 0.1) is 18.1 Å². The molecular formula is C14H22N2O3S. The minimum absolute atomic E-state index is 0.363. The summed E-state index contributed by atoms with van der Waals surface area (Å²) in [5.74, 6) is 0. The van der Waals surface area contributed by atoms with Crippen LogP contribution in [0.5, 0.6) is 0 Å². The molecule has 20 heavy (non-hydrogen) atoms. The first-order chi connectivity index (χ1) is 9.50. The van der Waals surface area contributed by atoms with Gasteiger partial charge >= 0.3 is 0 Å². The predicted octanol–water partition coefficient (Wildman–Crippen LogP) is 1.21. The zero-order chi connectivity index (χ0) is 14.6. The SMILES string of the molecule is CC(C)NCc1cccc(S(=O)(=O)N2CCOCC2)c1. The van der Waals surface area contributed by atoms with Crippen molar-refractivity contribution in [3.8, 4) is 0 Å². The Morgan fingerprint density at radius 2 is 2.00 bits per heavy atom. The molecule has 5 nitrogen and oxygen atoms in total. The quantitative estimate of drug-likeness (QED) is 0.887. The molecule has 0 radical (unpaired) electrons. The summed E-state index contributed by atoms with van der Waals surface area (Å²) >= 11 is 0. The zero-order valence-corrected chi connectivity index (χ0v) is 12.8. The summed E-state index contributed by atoms with van der Waals surface area (Å²) in [4.78, 5) is 0.363. The van der Waals surface area contributed by atoms with Gasteiger partial charge in [-0.15, -0.1) is 0 Å². The number of nitrogens with zero attached hydrogens (tertiary/aromatic N) is 1. The maximum absolute atomic E-state index is 12.5. The molecule has 1 N–H and O–H groups in total. The summed E-state index contributed by atoms with van der Waals surface area (Å²) in [6, 6.07) is 7.51. The summed E-state index contributed by atoms with van der Waals surface area (Å²) in [5.41, 5.74) is 0.980. The molecule has 0 bridgehead atoms. The number of sulfonamides is 1. The molecule has 6 heteroatoms. The standard InChI is InChI=1S/C14H22N2O3S/c1-12(2)15-11-13-4-3-5-14(10-13)20(17,18)16-6-8-19-9-7-16/h3-5,10,12,15H,6-9,11H2,1-2H3. The van der Waals surface area contributed by atoms with E-state index in [1.807, 2.05) is 6.07 Å². The van der Waals surface area contributed by atoms with Gasteiger partial charge in [-0.3, -0.25) is 0 Å². The Hall–Kier alpha value is -0.950. The fraction of sp³-hybridized carbons (Fsp3) is 0.571. The molecule has 112 valence electrons. The number of rotatable bonds is 5. The Morgan fingerprint density at radius 3 is 2.65 bits per heavy atom. The van der Waals surface area contributed by atoms with Crippen LogP contribution in [-0.2, 0) is 21.3 Å². The van der Waals surface area contributed by atoms with Crippen molar-refractivity contribution < 1.29 is 13.2 Å². The summed E-state index contributed by atoms with van der Waals surface area (Å²) in [7, 11) is -3.40. The highest BCUT2D eigenvalue weighted by Crippen LogP contribution is 2.18. The van der Waals surface area contributed by atoms with Crippen LogP contribution in [0.2, 0.25) is 0 Å². The number of nitrogens with one attached hydrogen (secondary N) is 1. The van der Waals surface area contributed by atoms with Crippen LogP contribution in [0, 0.1) is 0 Å². The van der Waals surface area contributed by atoms with Crippen molar-refractivity contribution in [3.05, 3.63) is 29.8 Å². The van der Waals surface area contributed by atoms with E-state index in [2.05, 4.69) is 19.2 Å². The number of benzene rings is 1. The van der Waals surface area contributed by atoms with Gasteiger partial charge in [0.15, 0.2) is 0 Å². The minimum Gasteiger partial charge on any atom is -0.379 e. The van der Waals surface area contributed by atoms with Gasteiger partial charge in [0.2, 0.25) is 10.0 Å². The number of morpholine rings is 1. The van der Waals surface area contributed by atoms with Crippen LogP contribution in [0.4, 0.5) is 0 Å². The monoisotopic (exact) mass is 298 g/mol. The topological polar surface area (TPSA) is 58.6 Å². The van der Waals surface area contributed by atoms with E-state index in [1.54, 1.807) is 18.2 Å². The second kappa shape index (κ2) is 6.67. The number of hydrogen-bond acceptors (Lipinski definition) is 4. The largest absolute Gasteiger partial charge is 0.379 e. The lowest BCUT2D eigenvalue weighted by molar-refractivity contribution is 0.0730. The summed E-state index contributed by atoms with van der Waals surface area (Å²) in [6.45, 7) is 6.59. The molecule has 0 aromatic heterocycles. The Bertz CT molecular complexity index is 537. The summed E-state index contributed by atoms with van der Waals surface area (Å²) in [5, 5.41) is 3.29. The Labute approximate surface area is 121 Å². The molecular weight excluding hydrogens is 276 g/mol. The van der Waals surface area contributed by atoms with Gasteiger partial charge < -0.3 is 10.1 Å². The first-order valence-corrected chi connectivity index (χ1v) is 8.34. The van der Waals surface area contributed by atoms with E-state index in [9.17, 15) is 8.42 Å². The molecule has 0 unspecified atom stereocenters. The first kappa shape index (κ1) is 15.4. The third-order valence-corrected chi connectivity index (χ3v) is 5.12. The summed E-state index contributed by atoms with van der Waals surface area (Å²) in [6.07, 6.45) is 0. The van der Waals surface area contributed by atoms with Crippen molar-refractivity contribution in [2.24, 2.45) is 0 Å². The first-order valence-electron chi connectivity index (χ1n) is 6.90. The Balaban J connectivity index is 2.16. The van der Waals surface area contributed by atoms with E-state index in [1.165, 1.54) is 4.31 Å². The number of ether oxygens (including phenoxy) is 1. The molecule has 1 aromatic rings. The normalized spacial score (nSPS) is 17.6. The highest BCUT2D eigenvalue weighted by Gasteiger charge is 2.26. The third kappa shape index (κ3) is 3.79. The molecule has 1 heterocycles. The molecule has 0 spiro atoms. The van der Waals surface area contributed by atoms with Crippen LogP contribution < -0.4 is 5.32 Å². The van der Waals surface area contributed by atoms with Gasteiger partial charge in [0, 0.05) is 25.7 Å². The molecule has 1 aliphatic heterocycles. The number of hydrogen-bond donors (Lipinski definition) is 1. The Morgan fingerprint density at radius 1 is 1.30 bits per heavy atom. The van der Waals surface area contributed by atoms with Gasteiger partial charge in [-0.05, 0) is 17.7 Å². The Kier molecular flexibility index (Phi) is 5.15. The summed E-state index contributed by atoms with van der Waals surface area (Å²) < 4.78 is 31.7. The van der Waals surface area contributed by atoms with Gasteiger partial charge in [0.25, 0.3) is 0 Å². The van der Waals surface area contributed by atoms with Crippen molar-refractivity contribution in [2.75, 3.05) is 26.3 Å². The molecule has 1 saturated heterocycles. The maximum Gasteiger partial charge on any atom is 0.243 e. The van der Waals surface area contributed by atoms with Crippen molar-refractivity contribution in [1.82, 2.24) is 9.62 Å². The third-order valence-electron chi connectivity index (χ3n) is 3.22. The molecule has 2 rings (SSSR count). The van der Waals surface area contributed by atoms with Crippen molar-refractivity contribution >= 4 is 10.0 Å². The highest BCUT2D eigenvalue weighted by molar-refractivity contribution is 7.89. The van der Waals surface area contributed by atoms with Gasteiger partial charge in [-0.1, -0.05) is 26.0 Å². The molecule has 1 aliphatic rings. The molecule has 1 fully saturated rings. The molecule has 0 saturated carbocycles. The predicted molar refractivity (Wildman–Crippen MR) is 78.0 cm³/mol. The van der Waals surface area contributed by atoms with Crippen molar-refractivity contribution in [3.63, 3.8) is 0 Å². The fourth-order valence-electron chi connectivity index (χ4n) is 2.07. The van der Waals surface area contributed by atoms with Crippen molar-refractivity contribution in [1.29, 1.82) is 0 Å². The minimum atomic E-state index is -3.40. The smallest absolute Gasteiger partial charge is 0.243 e. The molecule has 0 aliphatic carbocycles. The van der Waals surface area contributed by atoms with Crippen LogP contribution in [-0.4, -0.2) is 45.1 Å². The van der Waals surface area contributed by atoms with E-state index in [0.717, 1.165) is 5.56 Å². The van der Waals surface area contributed by atoms with Crippen molar-refractivity contribution in [2.45, 2.75) is 31.3 Å². The molecule has 0 amide bonds. The van der Waals surface area contributed by atoms with E-state index in [0.29, 0.717) is 43.8 Å². The van der Waals surface area contributed by atoms with Crippen LogP contribution in [0.25, 0.3) is 0 Å². The van der Waals surface area contributed by atoms with Crippen LogP contribution in [0.1, 0.15) is 19.4 Å². The lowest BCUT2D eigenvalue weighted by Gasteiger charge is -2.26. The second-order valence-electron chi connectivity index (χ2n) is 5.20. The fourth-order valence-corrected chi connectivity index (χ4v) is 3.55. The maximum atomic E-state index is 12.5. The average Bonchev–Trinajstić information content (AvgIpc) is 2.46. The highest BCUT2D eigenvalue weighted by atomic mass is 32.2. The molecule has 1 aromatic carbocycles. The van der Waals surface area contributed by atoms with E-state index < -0.39 is 10.0 Å². The second-order valence-corrected chi connectivity index (χ2v) is 7.14. The molecule has 0 atom stereocenters. The van der Waals surface area contributed by atoms with Gasteiger partial charge in [-0.25, -0.2) is 8.42 Å². The van der Waals surface area contributed by atoms with Crippen LogP contribution in [0.15, 0.2) is 29.2 Å². The van der Waals surface area contributed by atoms with E-state index >= 15 is 0 Å². The van der Waals surface area contributed by atoms with E-state index in [-0.39, 0.29) is 0 Å². The van der Waals surface area contributed by atoms with E-state index in [4.69, 9.17) is 4.74 Å².